The third kappa shape index (κ3) is 7.64. The van der Waals surface area contributed by atoms with Gasteiger partial charge in [-0.3, -0.25) is 4.99 Å². The minimum atomic E-state index is -3.53. The zero-order valence-electron chi connectivity index (χ0n) is 16.4. The zero-order chi connectivity index (χ0) is 21.3. The van der Waals surface area contributed by atoms with E-state index in [4.69, 9.17) is 4.74 Å². The smallest absolute Gasteiger partial charge is 0.193 e. The van der Waals surface area contributed by atoms with E-state index in [0.29, 0.717) is 31.4 Å². The Kier molecular flexibility index (Phi) is 8.87. The first-order valence-electron chi connectivity index (χ1n) is 9.14. The highest BCUT2D eigenvalue weighted by molar-refractivity contribution is 7.93. The molecule has 0 spiro atoms. The molecule has 1 aromatic carbocycles. The number of nitrogens with zero attached hydrogens (tertiary/aromatic N) is 2. The first kappa shape index (κ1) is 23.1. The number of hydrogen-bond acceptors (Lipinski definition) is 6. The molecule has 0 bridgehead atoms. The Morgan fingerprint density at radius 3 is 2.69 bits per heavy atom. The molecule has 0 aliphatic heterocycles. The number of halogens is 1. The number of aliphatic imine (C=N–C) groups is 1. The molecule has 1 heterocycles. The lowest BCUT2D eigenvalue weighted by molar-refractivity contribution is 0.205. The Morgan fingerprint density at radius 2 is 2.07 bits per heavy atom. The summed E-state index contributed by atoms with van der Waals surface area (Å²) >= 11 is 1.13. The van der Waals surface area contributed by atoms with Crippen LogP contribution in [0.4, 0.5) is 4.39 Å². The van der Waals surface area contributed by atoms with Gasteiger partial charge in [-0.1, -0.05) is 6.07 Å². The maximum Gasteiger partial charge on any atom is 0.193 e. The maximum atomic E-state index is 12.9. The quantitative estimate of drug-likeness (QED) is 0.431. The summed E-state index contributed by atoms with van der Waals surface area (Å²) in [6.07, 6.45) is -1.11. The highest BCUT2D eigenvalue weighted by Crippen LogP contribution is 2.18. The number of rotatable bonds is 10. The van der Waals surface area contributed by atoms with Gasteiger partial charge < -0.3 is 20.1 Å². The molecule has 1 aromatic heterocycles. The minimum absolute atomic E-state index is 0.0455. The Labute approximate surface area is 174 Å². The number of thiophene rings is 1. The number of guanidine groups is 1. The molecule has 29 heavy (non-hydrogen) atoms. The molecule has 2 aromatic rings. The first-order valence-corrected chi connectivity index (χ1v) is 11.7. The summed E-state index contributed by atoms with van der Waals surface area (Å²) in [6.45, 7) is 3.33. The van der Waals surface area contributed by atoms with E-state index in [1.54, 1.807) is 23.6 Å². The van der Waals surface area contributed by atoms with Crippen LogP contribution in [-0.2, 0) is 9.84 Å². The third-order valence-electron chi connectivity index (χ3n) is 3.87. The van der Waals surface area contributed by atoms with Gasteiger partial charge in [0.2, 0.25) is 0 Å². The van der Waals surface area contributed by atoms with Crippen LogP contribution in [0.1, 0.15) is 6.92 Å². The van der Waals surface area contributed by atoms with Gasteiger partial charge in [0, 0.05) is 13.6 Å². The van der Waals surface area contributed by atoms with Gasteiger partial charge in [-0.05, 0) is 42.6 Å². The van der Waals surface area contributed by atoms with Crippen molar-refractivity contribution in [2.75, 3.05) is 39.0 Å². The van der Waals surface area contributed by atoms with Crippen molar-refractivity contribution in [2.24, 2.45) is 4.99 Å². The van der Waals surface area contributed by atoms with Crippen LogP contribution < -0.4 is 10.1 Å². The van der Waals surface area contributed by atoms with Crippen LogP contribution in [0.5, 0.6) is 5.75 Å². The fourth-order valence-electron chi connectivity index (χ4n) is 2.43. The highest BCUT2D eigenvalue weighted by Gasteiger charge is 2.20. The second-order valence-electron chi connectivity index (χ2n) is 6.29. The van der Waals surface area contributed by atoms with Crippen LogP contribution in [0.15, 0.2) is 51.0 Å². The van der Waals surface area contributed by atoms with Gasteiger partial charge in [0.1, 0.15) is 22.4 Å². The predicted molar refractivity (Wildman–Crippen MR) is 113 cm³/mol. The number of benzene rings is 1. The lowest BCUT2D eigenvalue weighted by Crippen LogP contribution is -2.41. The van der Waals surface area contributed by atoms with Gasteiger partial charge in [-0.25, -0.2) is 12.8 Å². The van der Waals surface area contributed by atoms with Crippen LogP contribution in [-0.4, -0.2) is 69.5 Å². The average molecular weight is 444 g/mol. The van der Waals surface area contributed by atoms with Gasteiger partial charge in [-0.2, -0.15) is 0 Å². The molecule has 0 amide bonds. The fraction of sp³-hybridized carbons (Fsp3) is 0.421. The minimum Gasteiger partial charge on any atom is -0.492 e. The van der Waals surface area contributed by atoms with Crippen molar-refractivity contribution in [3.8, 4) is 5.75 Å². The molecule has 0 fully saturated rings. The number of hydrogen-bond donors (Lipinski definition) is 2. The molecule has 1 atom stereocenters. The summed E-state index contributed by atoms with van der Waals surface area (Å²) in [6, 6.07) is 8.95. The summed E-state index contributed by atoms with van der Waals surface area (Å²) in [5.41, 5.74) is 0. The van der Waals surface area contributed by atoms with Crippen LogP contribution in [0.3, 0.4) is 0 Å². The van der Waals surface area contributed by atoms with E-state index in [1.165, 1.54) is 18.2 Å². The maximum absolute atomic E-state index is 12.9. The van der Waals surface area contributed by atoms with Crippen LogP contribution in [0.25, 0.3) is 0 Å². The predicted octanol–water partition coefficient (Wildman–Crippen LogP) is 2.00. The SMILES string of the molecule is CCNC(=NCC(O)CS(=O)(=O)c1cccs1)N(C)CCOc1ccc(F)cc1. The van der Waals surface area contributed by atoms with E-state index >= 15 is 0 Å². The second-order valence-corrected chi connectivity index (χ2v) is 9.49. The molecule has 7 nitrogen and oxygen atoms in total. The van der Waals surface area contributed by atoms with Crippen molar-refractivity contribution in [2.45, 2.75) is 17.2 Å². The first-order chi connectivity index (χ1) is 13.8. The molecule has 0 radical (unpaired) electrons. The van der Waals surface area contributed by atoms with Crippen molar-refractivity contribution in [1.82, 2.24) is 10.2 Å². The Morgan fingerprint density at radius 1 is 1.34 bits per heavy atom. The summed E-state index contributed by atoms with van der Waals surface area (Å²) < 4.78 is 43.2. The molecular formula is C19H26FN3O4S2. The van der Waals surface area contributed by atoms with Gasteiger partial charge in [0.05, 0.1) is 24.9 Å². The Bertz CT molecular complexity index is 871. The topological polar surface area (TPSA) is 91.2 Å². The van der Waals surface area contributed by atoms with Crippen LogP contribution in [0.2, 0.25) is 0 Å². The average Bonchev–Trinajstić information content (AvgIpc) is 3.22. The Balaban J connectivity index is 1.87. The van der Waals surface area contributed by atoms with Gasteiger partial charge in [0.25, 0.3) is 0 Å². The number of aliphatic hydroxyl groups excluding tert-OH is 1. The van der Waals surface area contributed by atoms with Crippen molar-refractivity contribution in [3.63, 3.8) is 0 Å². The number of aliphatic hydroxyl groups is 1. The monoisotopic (exact) mass is 443 g/mol. The molecule has 0 saturated heterocycles. The summed E-state index contributed by atoms with van der Waals surface area (Å²) in [5.74, 6) is 0.391. The van der Waals surface area contributed by atoms with Crippen molar-refractivity contribution < 1.29 is 22.7 Å². The van der Waals surface area contributed by atoms with E-state index in [1.807, 2.05) is 18.9 Å². The standard InChI is InChI=1S/C19H26FN3O4S2/c1-3-21-19(23(2)10-11-27-17-8-6-15(20)7-9-17)22-13-16(24)14-29(25,26)18-5-4-12-28-18/h4-9,12,16,24H,3,10-11,13-14H2,1-2H3,(H,21,22). The molecule has 0 aliphatic rings. The lowest BCUT2D eigenvalue weighted by Gasteiger charge is -2.22. The number of nitrogens with one attached hydrogen (secondary N) is 1. The summed E-state index contributed by atoms with van der Waals surface area (Å²) in [7, 11) is -1.72. The zero-order valence-corrected chi connectivity index (χ0v) is 18.0. The largest absolute Gasteiger partial charge is 0.492 e. The molecule has 0 saturated carbocycles. The molecule has 2 rings (SSSR count). The summed E-state index contributed by atoms with van der Waals surface area (Å²) in [4.78, 5) is 6.14. The summed E-state index contributed by atoms with van der Waals surface area (Å²) in [5, 5.41) is 14.9. The Hall–Kier alpha value is -2.17. The van der Waals surface area contributed by atoms with Crippen molar-refractivity contribution in [3.05, 3.63) is 47.6 Å². The van der Waals surface area contributed by atoms with Crippen molar-refractivity contribution in [1.29, 1.82) is 0 Å². The normalized spacial score (nSPS) is 13.2. The van der Waals surface area contributed by atoms with Gasteiger partial charge in [0.15, 0.2) is 15.8 Å². The molecule has 1 unspecified atom stereocenters. The van der Waals surface area contributed by atoms with E-state index in [2.05, 4.69) is 10.3 Å². The van der Waals surface area contributed by atoms with Gasteiger partial charge >= 0.3 is 0 Å². The molecule has 10 heteroatoms. The van der Waals surface area contributed by atoms with E-state index in [-0.39, 0.29) is 22.3 Å². The van der Waals surface area contributed by atoms with E-state index in [0.717, 1.165) is 11.3 Å². The lowest BCUT2D eigenvalue weighted by atomic mass is 10.3. The van der Waals surface area contributed by atoms with Crippen molar-refractivity contribution >= 4 is 27.1 Å². The number of likely N-dealkylation sites (N-methyl/N-ethyl adjacent to an activating group) is 1. The molecule has 160 valence electrons. The third-order valence-corrected chi connectivity index (χ3v) is 7.16. The van der Waals surface area contributed by atoms with Gasteiger partial charge in [-0.15, -0.1) is 11.3 Å². The molecule has 0 aliphatic carbocycles. The van der Waals surface area contributed by atoms with Crippen LogP contribution >= 0.6 is 11.3 Å². The second kappa shape index (κ2) is 11.1. The fourth-order valence-corrected chi connectivity index (χ4v) is 4.89. The molecule has 2 N–H and O–H groups in total. The van der Waals surface area contributed by atoms with E-state index < -0.39 is 15.9 Å². The number of sulfone groups is 1. The number of ether oxygens (including phenoxy) is 1. The molecular weight excluding hydrogens is 417 g/mol. The van der Waals surface area contributed by atoms with Crippen LogP contribution in [0, 0.1) is 5.82 Å². The van der Waals surface area contributed by atoms with E-state index in [9.17, 15) is 17.9 Å². The highest BCUT2D eigenvalue weighted by atomic mass is 32.2.